The van der Waals surface area contributed by atoms with Gasteiger partial charge in [0.15, 0.2) is 0 Å². The highest BCUT2D eigenvalue weighted by molar-refractivity contribution is 5.98. The monoisotopic (exact) mass is 282 g/mol. The van der Waals surface area contributed by atoms with Gasteiger partial charge in [0.25, 0.3) is 5.91 Å². The van der Waals surface area contributed by atoms with E-state index in [0.29, 0.717) is 6.42 Å². The third-order valence-corrected chi connectivity index (χ3v) is 2.83. The Kier molecular flexibility index (Phi) is 5.04. The van der Waals surface area contributed by atoms with Crippen LogP contribution in [0.25, 0.3) is 0 Å². The molecule has 1 rings (SSSR count). The Balaban J connectivity index is 3.10. The summed E-state index contributed by atoms with van der Waals surface area (Å²) < 4.78 is 4.98. The zero-order chi connectivity index (χ0) is 15.3. The van der Waals surface area contributed by atoms with E-state index in [9.17, 15) is 14.9 Å². The summed E-state index contributed by atoms with van der Waals surface area (Å²) in [4.78, 5) is 22.5. The van der Waals surface area contributed by atoms with E-state index < -0.39 is 16.4 Å². The number of amides is 1. The average molecular weight is 282 g/mol. The van der Waals surface area contributed by atoms with E-state index in [4.69, 9.17) is 9.84 Å². The molecule has 0 saturated heterocycles. The highest BCUT2D eigenvalue weighted by atomic mass is 16.6. The molecule has 0 atom stereocenters. The van der Waals surface area contributed by atoms with Crippen LogP contribution < -0.4 is 10.1 Å². The maximum atomic E-state index is 12.2. The molecule has 0 aliphatic rings. The van der Waals surface area contributed by atoms with E-state index >= 15 is 0 Å². The Bertz CT molecular complexity index is 513. The summed E-state index contributed by atoms with van der Waals surface area (Å²) in [5.74, 6) is -0.557. The van der Waals surface area contributed by atoms with Crippen LogP contribution >= 0.6 is 0 Å². The summed E-state index contributed by atoms with van der Waals surface area (Å²) in [6.45, 7) is 3.44. The van der Waals surface area contributed by atoms with Gasteiger partial charge in [0.2, 0.25) is 5.75 Å². The molecule has 7 heteroatoms. The van der Waals surface area contributed by atoms with Crippen LogP contribution in [0, 0.1) is 10.1 Å². The molecule has 0 saturated carbocycles. The Hall–Kier alpha value is -2.15. The first-order valence-corrected chi connectivity index (χ1v) is 6.07. The van der Waals surface area contributed by atoms with Crippen molar-refractivity contribution in [2.75, 3.05) is 13.7 Å². The van der Waals surface area contributed by atoms with E-state index in [1.165, 1.54) is 25.3 Å². The summed E-state index contributed by atoms with van der Waals surface area (Å²) in [7, 11) is 1.28. The van der Waals surface area contributed by atoms with E-state index in [-0.39, 0.29) is 23.6 Å². The summed E-state index contributed by atoms with van der Waals surface area (Å²) in [6.07, 6.45) is 0.371. The van der Waals surface area contributed by atoms with Gasteiger partial charge < -0.3 is 15.2 Å². The molecule has 20 heavy (non-hydrogen) atoms. The molecule has 0 aromatic heterocycles. The number of hydrogen-bond acceptors (Lipinski definition) is 5. The molecular weight excluding hydrogens is 264 g/mol. The van der Waals surface area contributed by atoms with Gasteiger partial charge in [0, 0.05) is 18.2 Å². The van der Waals surface area contributed by atoms with Crippen molar-refractivity contribution in [1.82, 2.24) is 5.32 Å². The smallest absolute Gasteiger partial charge is 0.311 e. The van der Waals surface area contributed by atoms with Crippen LogP contribution in [-0.2, 0) is 0 Å². The number of hydrogen-bond donors (Lipinski definition) is 2. The van der Waals surface area contributed by atoms with Gasteiger partial charge in [-0.05, 0) is 26.3 Å². The number of nitrogens with one attached hydrogen (secondary N) is 1. The third-order valence-electron chi connectivity index (χ3n) is 2.83. The molecule has 0 aliphatic carbocycles. The molecule has 0 spiro atoms. The van der Waals surface area contributed by atoms with Crippen molar-refractivity contribution in [1.29, 1.82) is 0 Å². The van der Waals surface area contributed by atoms with Gasteiger partial charge in [-0.2, -0.15) is 0 Å². The van der Waals surface area contributed by atoms with Crippen molar-refractivity contribution in [3.8, 4) is 5.75 Å². The first-order valence-electron chi connectivity index (χ1n) is 6.07. The van der Waals surface area contributed by atoms with Crippen molar-refractivity contribution in [3.63, 3.8) is 0 Å². The Labute approximate surface area is 116 Å². The number of aliphatic hydroxyl groups excluding tert-OH is 1. The van der Waals surface area contributed by atoms with Gasteiger partial charge in [-0.3, -0.25) is 14.9 Å². The molecule has 0 bridgehead atoms. The molecule has 1 aromatic carbocycles. The Morgan fingerprint density at radius 1 is 1.50 bits per heavy atom. The number of aliphatic hydroxyl groups is 1. The van der Waals surface area contributed by atoms with Crippen molar-refractivity contribution >= 4 is 11.6 Å². The molecule has 1 amide bonds. The highest BCUT2D eigenvalue weighted by Gasteiger charge is 2.26. The van der Waals surface area contributed by atoms with E-state index in [2.05, 4.69) is 5.32 Å². The van der Waals surface area contributed by atoms with Gasteiger partial charge in [0.1, 0.15) is 0 Å². The first-order chi connectivity index (χ1) is 9.32. The molecule has 7 nitrogen and oxygen atoms in total. The number of benzene rings is 1. The second-order valence-electron chi connectivity index (χ2n) is 4.93. The van der Waals surface area contributed by atoms with Crippen LogP contribution in [0.4, 0.5) is 5.69 Å². The molecule has 110 valence electrons. The standard InChI is InChI=1S/C13H18N2O5/c1-13(2,7-8-16)14-12(17)9-5-4-6-10(15(18)19)11(9)20-3/h4-6,16H,7-8H2,1-3H3,(H,14,17). The lowest BCUT2D eigenvalue weighted by Gasteiger charge is -2.25. The fourth-order valence-electron chi connectivity index (χ4n) is 1.78. The number of carbonyl (C=O) groups excluding carboxylic acids is 1. The predicted octanol–water partition coefficient (Wildman–Crippen LogP) is 1.49. The van der Waals surface area contributed by atoms with Crippen LogP contribution in [0.1, 0.15) is 30.6 Å². The normalized spacial score (nSPS) is 11.0. The van der Waals surface area contributed by atoms with E-state index in [1.807, 2.05) is 0 Å². The molecule has 0 unspecified atom stereocenters. The quantitative estimate of drug-likeness (QED) is 0.608. The summed E-state index contributed by atoms with van der Waals surface area (Å²) >= 11 is 0. The number of methoxy groups -OCH3 is 1. The van der Waals surface area contributed by atoms with Crippen LogP contribution in [0.5, 0.6) is 5.75 Å². The minimum absolute atomic E-state index is 0.0701. The fraction of sp³-hybridized carbons (Fsp3) is 0.462. The van der Waals surface area contributed by atoms with Gasteiger partial charge in [-0.1, -0.05) is 6.07 Å². The number of carbonyl (C=O) groups is 1. The lowest BCUT2D eigenvalue weighted by Crippen LogP contribution is -2.44. The first kappa shape index (κ1) is 15.9. The minimum atomic E-state index is -0.624. The molecule has 2 N–H and O–H groups in total. The predicted molar refractivity (Wildman–Crippen MR) is 72.9 cm³/mol. The topological polar surface area (TPSA) is 102 Å². The van der Waals surface area contributed by atoms with Crippen LogP contribution in [-0.4, -0.2) is 35.2 Å². The number of rotatable bonds is 6. The SMILES string of the molecule is COc1c(C(=O)NC(C)(C)CCO)cccc1[N+](=O)[O-]. The number of nitro benzene ring substituents is 1. The zero-order valence-electron chi connectivity index (χ0n) is 11.7. The van der Waals surface area contributed by atoms with Crippen molar-refractivity contribution in [3.05, 3.63) is 33.9 Å². The summed E-state index contributed by atoms with van der Waals surface area (Å²) in [6, 6.07) is 4.15. The van der Waals surface area contributed by atoms with Crippen LogP contribution in [0.15, 0.2) is 18.2 Å². The zero-order valence-corrected chi connectivity index (χ0v) is 11.7. The lowest BCUT2D eigenvalue weighted by atomic mass is 10.0. The molecule has 0 fully saturated rings. The Morgan fingerprint density at radius 3 is 2.65 bits per heavy atom. The van der Waals surface area contributed by atoms with Gasteiger partial charge in [0.05, 0.1) is 17.6 Å². The molecule has 0 radical (unpaired) electrons. The van der Waals surface area contributed by atoms with Crippen molar-refractivity contribution < 1.29 is 19.6 Å². The molecule has 0 aliphatic heterocycles. The summed E-state index contributed by atoms with van der Waals surface area (Å²) in [5.41, 5.74) is -0.797. The van der Waals surface area contributed by atoms with E-state index in [0.717, 1.165) is 0 Å². The maximum Gasteiger partial charge on any atom is 0.311 e. The molecule has 0 heterocycles. The highest BCUT2D eigenvalue weighted by Crippen LogP contribution is 2.30. The molecular formula is C13H18N2O5. The van der Waals surface area contributed by atoms with Crippen molar-refractivity contribution in [2.45, 2.75) is 25.8 Å². The van der Waals surface area contributed by atoms with E-state index in [1.54, 1.807) is 13.8 Å². The third kappa shape index (κ3) is 3.67. The van der Waals surface area contributed by atoms with Crippen LogP contribution in [0.3, 0.4) is 0 Å². The average Bonchev–Trinajstić information content (AvgIpc) is 2.36. The summed E-state index contributed by atoms with van der Waals surface area (Å²) in [5, 5.41) is 22.6. The minimum Gasteiger partial charge on any atom is -0.490 e. The fourth-order valence-corrected chi connectivity index (χ4v) is 1.78. The van der Waals surface area contributed by atoms with Gasteiger partial charge >= 0.3 is 5.69 Å². The number of ether oxygens (including phenoxy) is 1. The number of nitro groups is 1. The number of nitrogens with zero attached hydrogens (tertiary/aromatic N) is 1. The number of para-hydroxylation sites is 1. The van der Waals surface area contributed by atoms with Gasteiger partial charge in [-0.25, -0.2) is 0 Å². The van der Waals surface area contributed by atoms with Crippen molar-refractivity contribution in [2.24, 2.45) is 0 Å². The molecule has 1 aromatic rings. The second-order valence-corrected chi connectivity index (χ2v) is 4.93. The maximum absolute atomic E-state index is 12.2. The lowest BCUT2D eigenvalue weighted by molar-refractivity contribution is -0.385. The van der Waals surface area contributed by atoms with Crippen LogP contribution in [0.2, 0.25) is 0 Å². The van der Waals surface area contributed by atoms with Gasteiger partial charge in [-0.15, -0.1) is 0 Å². The second kappa shape index (κ2) is 6.33. The largest absolute Gasteiger partial charge is 0.490 e. The Morgan fingerprint density at radius 2 is 2.15 bits per heavy atom.